The molecule has 0 aromatic heterocycles. The molecule has 1 aromatic carbocycles. The second kappa shape index (κ2) is 13.6. The van der Waals surface area contributed by atoms with Gasteiger partial charge in [0.2, 0.25) is 6.10 Å². The first-order chi connectivity index (χ1) is 14.6. The van der Waals surface area contributed by atoms with Crippen molar-refractivity contribution in [3.63, 3.8) is 0 Å². The topological polar surface area (TPSA) is 159 Å². The van der Waals surface area contributed by atoms with Crippen LogP contribution in [0.5, 0.6) is 0 Å². The van der Waals surface area contributed by atoms with Crippen LogP contribution >= 0.6 is 22.6 Å². The van der Waals surface area contributed by atoms with Gasteiger partial charge in [-0.05, 0) is 73.4 Å². The molecule has 0 aliphatic heterocycles. The number of alkyl carbamates (subject to hydrolysis) is 1. The highest BCUT2D eigenvalue weighted by Gasteiger charge is 2.25. The molecule has 10 nitrogen and oxygen atoms in total. The maximum absolute atomic E-state index is 12.1. The van der Waals surface area contributed by atoms with E-state index < -0.39 is 36.0 Å². The fourth-order valence-corrected chi connectivity index (χ4v) is 3.11. The summed E-state index contributed by atoms with van der Waals surface area (Å²) in [5.74, 6) is -3.17. The first kappa shape index (κ1) is 26.3. The van der Waals surface area contributed by atoms with E-state index in [0.717, 1.165) is 3.57 Å². The van der Waals surface area contributed by atoms with E-state index in [-0.39, 0.29) is 25.2 Å². The summed E-state index contributed by atoms with van der Waals surface area (Å²) in [5, 5.41) is 22.9. The zero-order valence-electron chi connectivity index (χ0n) is 16.9. The molecular formula is C20H25IN2O8. The van der Waals surface area contributed by atoms with Crippen LogP contribution in [0, 0.1) is 3.57 Å². The van der Waals surface area contributed by atoms with Crippen LogP contribution in [-0.2, 0) is 19.1 Å². The highest BCUT2D eigenvalue weighted by atomic mass is 125. The van der Waals surface area contributed by atoms with Gasteiger partial charge in [0, 0.05) is 22.1 Å². The first-order valence-electron chi connectivity index (χ1n) is 9.56. The van der Waals surface area contributed by atoms with Crippen molar-refractivity contribution in [2.75, 3.05) is 6.54 Å². The van der Waals surface area contributed by atoms with Gasteiger partial charge in [-0.2, -0.15) is 0 Å². The fourth-order valence-electron chi connectivity index (χ4n) is 2.57. The van der Waals surface area contributed by atoms with Gasteiger partial charge in [0.15, 0.2) is 5.78 Å². The van der Waals surface area contributed by atoms with E-state index in [0.29, 0.717) is 24.9 Å². The number of unbranched alkanes of at least 4 members (excludes halogenated alkanes) is 1. The predicted octanol–water partition coefficient (Wildman–Crippen LogP) is 2.19. The van der Waals surface area contributed by atoms with Crippen LogP contribution in [0.2, 0.25) is 0 Å². The van der Waals surface area contributed by atoms with E-state index in [9.17, 15) is 29.1 Å². The number of halogens is 1. The Morgan fingerprint density at radius 1 is 1.10 bits per heavy atom. The predicted molar refractivity (Wildman–Crippen MR) is 118 cm³/mol. The number of carboxylic acids is 2. The smallest absolute Gasteiger partial charge is 0.408 e. The summed E-state index contributed by atoms with van der Waals surface area (Å²) in [4.78, 5) is 57.5. The number of nitrogens with one attached hydrogen (secondary N) is 2. The molecule has 4 N–H and O–H groups in total. The van der Waals surface area contributed by atoms with Crippen molar-refractivity contribution in [1.29, 1.82) is 0 Å². The molecule has 0 bridgehead atoms. The number of ether oxygens (including phenoxy) is 1. The molecule has 2 amide bonds. The normalized spacial score (nSPS) is 12.3. The molecule has 0 fully saturated rings. The lowest BCUT2D eigenvalue weighted by atomic mass is 10.1. The first-order valence-corrected chi connectivity index (χ1v) is 10.6. The quantitative estimate of drug-likeness (QED) is 0.217. The molecule has 170 valence electrons. The highest BCUT2D eigenvalue weighted by Crippen LogP contribution is 2.09. The van der Waals surface area contributed by atoms with Crippen LogP contribution in [0.15, 0.2) is 24.3 Å². The van der Waals surface area contributed by atoms with Crippen LogP contribution in [-0.4, -0.2) is 58.6 Å². The van der Waals surface area contributed by atoms with Gasteiger partial charge >= 0.3 is 18.0 Å². The van der Waals surface area contributed by atoms with Crippen molar-refractivity contribution in [3.8, 4) is 0 Å². The van der Waals surface area contributed by atoms with Crippen molar-refractivity contribution in [2.45, 2.75) is 51.2 Å². The third kappa shape index (κ3) is 10.8. The zero-order valence-corrected chi connectivity index (χ0v) is 19.1. The highest BCUT2D eigenvalue weighted by molar-refractivity contribution is 14.1. The van der Waals surface area contributed by atoms with Gasteiger partial charge in [-0.1, -0.05) is 6.07 Å². The Morgan fingerprint density at radius 2 is 1.81 bits per heavy atom. The molecule has 0 spiro atoms. The minimum Gasteiger partial charge on any atom is -0.481 e. The molecule has 1 rings (SSSR count). The third-order valence-corrected chi connectivity index (χ3v) is 4.89. The van der Waals surface area contributed by atoms with Crippen molar-refractivity contribution >= 4 is 52.3 Å². The van der Waals surface area contributed by atoms with Crippen LogP contribution in [0.1, 0.15) is 49.4 Å². The molecule has 0 aliphatic carbocycles. The molecule has 0 aliphatic rings. The lowest BCUT2D eigenvalue weighted by molar-refractivity contribution is -0.147. The third-order valence-electron chi connectivity index (χ3n) is 4.22. The van der Waals surface area contributed by atoms with E-state index >= 15 is 0 Å². The zero-order chi connectivity index (χ0) is 23.4. The van der Waals surface area contributed by atoms with Crippen molar-refractivity contribution in [1.82, 2.24) is 10.6 Å². The van der Waals surface area contributed by atoms with Gasteiger partial charge in [0.1, 0.15) is 0 Å². The van der Waals surface area contributed by atoms with Crippen LogP contribution < -0.4 is 10.6 Å². The number of carbonyl (C=O) groups excluding carboxylic acids is 3. The number of carbonyl (C=O) groups is 5. The number of hydrogen-bond donors (Lipinski definition) is 4. The molecule has 1 aromatic rings. The maximum Gasteiger partial charge on any atom is 0.408 e. The summed E-state index contributed by atoms with van der Waals surface area (Å²) < 4.78 is 5.80. The van der Waals surface area contributed by atoms with E-state index in [1.165, 1.54) is 6.92 Å². The summed E-state index contributed by atoms with van der Waals surface area (Å²) in [6.07, 6.45) is -2.14. The molecule has 0 saturated carbocycles. The molecule has 0 saturated heterocycles. The van der Waals surface area contributed by atoms with Gasteiger partial charge in [0.25, 0.3) is 5.91 Å². The summed E-state index contributed by atoms with van der Waals surface area (Å²) in [7, 11) is 0. The summed E-state index contributed by atoms with van der Waals surface area (Å²) in [6.45, 7) is 1.51. The van der Waals surface area contributed by atoms with E-state index in [1.807, 2.05) is 6.07 Å². The average molecular weight is 546 g/mol. The number of hydrogen-bond acceptors (Lipinski definition) is 6. The number of benzene rings is 1. The van der Waals surface area contributed by atoms with Crippen molar-refractivity contribution < 1.29 is 38.9 Å². The van der Waals surface area contributed by atoms with Crippen molar-refractivity contribution in [3.05, 3.63) is 33.4 Å². The van der Waals surface area contributed by atoms with E-state index in [4.69, 9.17) is 9.84 Å². The van der Waals surface area contributed by atoms with Crippen molar-refractivity contribution in [2.24, 2.45) is 0 Å². The lowest BCUT2D eigenvalue weighted by Crippen LogP contribution is -2.42. The Labute approximate surface area is 192 Å². The van der Waals surface area contributed by atoms with E-state index in [2.05, 4.69) is 33.2 Å². The summed E-state index contributed by atoms with van der Waals surface area (Å²) >= 11 is 2.10. The minimum atomic E-state index is -1.43. The summed E-state index contributed by atoms with van der Waals surface area (Å²) in [6, 6.07) is 6.00. The number of Topliss-reactive ketones (excluding diaryl/α,β-unsaturated/α-hetero) is 1. The summed E-state index contributed by atoms with van der Waals surface area (Å²) in [5.41, 5.74) is 0.526. The maximum atomic E-state index is 12.1. The van der Waals surface area contributed by atoms with Crippen LogP contribution in [0.25, 0.3) is 0 Å². The number of ketones is 1. The second-order valence-electron chi connectivity index (χ2n) is 6.73. The molecule has 31 heavy (non-hydrogen) atoms. The second-order valence-corrected chi connectivity index (χ2v) is 7.98. The number of carboxylic acid groups (broad SMARTS) is 2. The largest absolute Gasteiger partial charge is 0.481 e. The molecule has 0 heterocycles. The Hall–Kier alpha value is -2.70. The molecule has 0 unspecified atom stereocenters. The number of rotatable bonds is 13. The van der Waals surface area contributed by atoms with Gasteiger partial charge in [-0.15, -0.1) is 0 Å². The minimum absolute atomic E-state index is 0.0156. The van der Waals surface area contributed by atoms with E-state index in [1.54, 1.807) is 18.2 Å². The monoisotopic (exact) mass is 546 g/mol. The fraction of sp³-hybridized carbons (Fsp3) is 0.450. The van der Waals surface area contributed by atoms with Gasteiger partial charge in [0.05, 0.1) is 6.04 Å². The Bertz CT molecular complexity index is 814. The van der Waals surface area contributed by atoms with Crippen LogP contribution in [0.3, 0.4) is 0 Å². The molecule has 11 heteroatoms. The molecule has 2 atom stereocenters. The number of amides is 2. The SMILES string of the molecule is CC(=O)[C@H](CCC(=O)O)NC(=O)O[C@@H](CCCCNC(=O)c1cccc([125I])c1)C(=O)O. The lowest BCUT2D eigenvalue weighted by Gasteiger charge is -2.18. The Kier molecular flexibility index (Phi) is 11.5. The molecular weight excluding hydrogens is 521 g/mol. The standard InChI is InChI=1S/C20H25IN2O8/c1-12(24)15(8-9-17(25)26)23-20(30)31-16(19(28)29)7-2-3-10-22-18(27)13-5-4-6-14(21)11-13/h4-6,11,15-16H,2-3,7-10H2,1H3,(H,22,27)(H,23,30)(H,25,26)(H,28,29)/t15-,16-/m0/s1/i21-2. The van der Waals surface area contributed by atoms with Gasteiger partial charge < -0.3 is 25.6 Å². The number of aliphatic carboxylic acids is 2. The average Bonchev–Trinajstić information content (AvgIpc) is 2.69. The van der Waals surface area contributed by atoms with Gasteiger partial charge in [-0.3, -0.25) is 14.4 Å². The molecule has 0 radical (unpaired) electrons. The van der Waals surface area contributed by atoms with Gasteiger partial charge in [-0.25, -0.2) is 9.59 Å². The Morgan fingerprint density at radius 3 is 2.39 bits per heavy atom. The Balaban J connectivity index is 2.42. The van der Waals surface area contributed by atoms with Crippen LogP contribution in [0.4, 0.5) is 4.79 Å².